The smallest absolute Gasteiger partial charge is 0.214 e. The summed E-state index contributed by atoms with van der Waals surface area (Å²) in [6.07, 6.45) is 10.2. The van der Waals surface area contributed by atoms with Crippen molar-refractivity contribution in [3.63, 3.8) is 0 Å². The molecule has 1 aliphatic carbocycles. The van der Waals surface area contributed by atoms with Gasteiger partial charge in [-0.2, -0.15) is 16.1 Å². The Morgan fingerprint density at radius 2 is 0.990 bits per heavy atom. The second-order valence-corrected chi connectivity index (χ2v) is 50.8. The summed E-state index contributed by atoms with van der Waals surface area (Å²) < 4.78 is 231. The summed E-state index contributed by atoms with van der Waals surface area (Å²) >= 11 is 4.60. The molecule has 1 unspecified atom stereocenters. The first kappa shape index (κ1) is 103. The van der Waals surface area contributed by atoms with Gasteiger partial charge in [-0.25, -0.2) is 98.2 Å². The molecule has 1 saturated carbocycles. The standard InChI is InChI=1S/C11H11NO2S.C8H10O2S.2C7H15NO2S.C7H16O2S.C6H13NO3S.C6H12O2S3.C6H8O2S2.C4H10O2S.C3H8O2S/c1-2-15(13,14)11-8-7-9-5-3-4-6-10(9)12-11;1-2-11(9,10)8-6-4-3-5-7-8;1-8-11(9,10)7-5-3-2-4-6-7;1-2-11(9,10)8-6-4-3-5-7-8;1-4-10(8,9)6-5-7(2)3;1-2-11(8,9)7-3-5-10-6-4-7;1-2-11(7,8)6-5-9-3-4-10-6;1-2-10(7,8)6-4-3-5-9-6;1-3-7(5,6)4-2;1-3-6(2,4)5/h3-8H,2H2,1H3;3-7H,2H2,1H3;7-8H,2-6H2,1H3;2-7H2,1H3;7H,4-6H2,1-3H3;2-6H2,1H3;6H,2-5H2,1H3;3-5H,2H2,1H3;3-4H2,1-2H3;3H2,1-2H3. The largest absolute Gasteiger partial charge is 0.379 e. The zero-order chi connectivity index (χ0) is 79.4. The van der Waals surface area contributed by atoms with E-state index in [1.807, 2.05) is 38.1 Å². The van der Waals surface area contributed by atoms with Crippen LogP contribution >= 0.6 is 34.9 Å². The van der Waals surface area contributed by atoms with Gasteiger partial charge in [0, 0.05) is 83.8 Å². The predicted octanol–water partition coefficient (Wildman–Crippen LogP) is 9.60. The number of thiophene rings is 1. The van der Waals surface area contributed by atoms with Crippen molar-refractivity contribution in [3.8, 4) is 0 Å². The molecule has 4 aromatic rings. The van der Waals surface area contributed by atoms with E-state index in [1.165, 1.54) is 41.8 Å². The molecule has 602 valence electrons. The topological polar surface area (TPSA) is 382 Å². The summed E-state index contributed by atoms with van der Waals surface area (Å²) in [5.74, 6) is 5.89. The number of ether oxygens (including phenoxy) is 1. The molecule has 1 atom stereocenters. The van der Waals surface area contributed by atoms with Gasteiger partial charge in [-0.3, -0.25) is 0 Å². The van der Waals surface area contributed by atoms with Gasteiger partial charge in [0.05, 0.1) is 63.4 Å². The zero-order valence-corrected chi connectivity index (χ0v) is 73.2. The van der Waals surface area contributed by atoms with E-state index in [-0.39, 0.29) is 72.4 Å². The molecule has 0 radical (unpaired) electrons. The fraction of sp³-hybridized carbons (Fsp3) is 0.708. The fourth-order valence-corrected chi connectivity index (χ4v) is 22.3. The Bertz CT molecular complexity index is 3960. The van der Waals surface area contributed by atoms with E-state index in [1.54, 1.807) is 157 Å². The van der Waals surface area contributed by atoms with Crippen molar-refractivity contribution < 1.29 is 88.9 Å². The third-order valence-electron chi connectivity index (χ3n) is 15.5. The van der Waals surface area contributed by atoms with Gasteiger partial charge < -0.3 is 4.74 Å². The maximum atomic E-state index is 11.6. The van der Waals surface area contributed by atoms with Gasteiger partial charge in [0.15, 0.2) is 44.4 Å². The number of aromatic nitrogens is 1. The molecular weight excluding hydrogens is 1590 g/mol. The fourth-order valence-electron chi connectivity index (χ4n) is 8.24. The summed E-state index contributed by atoms with van der Waals surface area (Å²) in [5.41, 5.74) is 0.715. The minimum Gasteiger partial charge on any atom is -0.379 e. The number of pyridine rings is 1. The van der Waals surface area contributed by atoms with Crippen LogP contribution in [0.4, 0.5) is 0 Å². The van der Waals surface area contributed by atoms with E-state index in [9.17, 15) is 84.2 Å². The van der Waals surface area contributed by atoms with Crippen molar-refractivity contribution in [2.75, 3.05) is 133 Å². The van der Waals surface area contributed by atoms with Gasteiger partial charge in [-0.05, 0) is 101 Å². The predicted molar refractivity (Wildman–Crippen MR) is 429 cm³/mol. The van der Waals surface area contributed by atoms with Gasteiger partial charge in [0.25, 0.3) is 0 Å². The number of benzene rings is 2. The summed E-state index contributed by atoms with van der Waals surface area (Å²) in [6.45, 7) is 24.2. The average molecular weight is 1710 g/mol. The molecule has 2 aromatic heterocycles. The molecule has 5 heterocycles. The minimum absolute atomic E-state index is 0.0817. The van der Waals surface area contributed by atoms with Crippen LogP contribution in [-0.2, 0) is 104 Å². The lowest BCUT2D eigenvalue weighted by molar-refractivity contribution is 0.0731. The number of thioether (sulfide) groups is 2. The normalized spacial score (nSPS) is 16.6. The second kappa shape index (κ2) is 51.9. The highest BCUT2D eigenvalue weighted by Crippen LogP contribution is 2.28. The molecule has 38 heteroatoms. The number of sulfone groups is 7. The number of nitrogens with one attached hydrogen (secondary N) is 1. The molecule has 2 aromatic carbocycles. The van der Waals surface area contributed by atoms with E-state index >= 15 is 0 Å². The first-order chi connectivity index (χ1) is 47.8. The monoisotopic (exact) mass is 1710 g/mol. The minimum atomic E-state index is -3.20. The van der Waals surface area contributed by atoms with Gasteiger partial charge in [0.2, 0.25) is 30.1 Å². The Morgan fingerprint density at radius 3 is 1.40 bits per heavy atom. The number of hydrogen-bond donors (Lipinski definition) is 1. The van der Waals surface area contributed by atoms with Crippen molar-refractivity contribution in [3.05, 3.63) is 84.2 Å². The van der Waals surface area contributed by atoms with Crippen molar-refractivity contribution in [2.45, 2.75) is 165 Å². The third kappa shape index (κ3) is 44.7. The van der Waals surface area contributed by atoms with Crippen molar-refractivity contribution in [2.24, 2.45) is 5.92 Å². The maximum absolute atomic E-state index is 11.6. The number of rotatable bonds is 21. The molecule has 0 bridgehead atoms. The number of nitrogens with zero attached hydrogens (tertiary/aromatic N) is 3. The Hall–Kier alpha value is -2.41. The SMILES string of the molecule is CCS(=O)(=O)C1CSCCS1.CCS(=O)(=O)CC.CCS(=O)(=O)CCC(C)C.CCS(=O)(=O)N1CCCCC1.CCS(=O)(=O)N1CCOCC1.CCS(=O)(=O)c1ccc2ccccc2n1.CCS(=O)(=O)c1ccccc1.CCS(=O)(=O)c1cccs1.CCS(C)(=O)=O.CNS(=O)(=O)C1CCCCC1. The summed E-state index contributed by atoms with van der Waals surface area (Å²) in [7, 11) is -27.3. The van der Waals surface area contributed by atoms with Crippen LogP contribution in [0.15, 0.2) is 98.4 Å². The zero-order valence-electron chi connectivity index (χ0n) is 62.5. The van der Waals surface area contributed by atoms with Gasteiger partial charge in [-0.15, -0.1) is 23.1 Å². The highest BCUT2D eigenvalue weighted by atomic mass is 32.3. The lowest BCUT2D eigenvalue weighted by Gasteiger charge is -2.25. The number of morpholine rings is 1. The molecular formula is C65H118N4O21S13. The third-order valence-corrected chi connectivity index (χ3v) is 38.1. The number of sulfonamides is 3. The van der Waals surface area contributed by atoms with Crippen LogP contribution in [-0.4, -0.2) is 241 Å². The Balaban J connectivity index is 0. The number of hydrogen-bond acceptors (Lipinski definition) is 25. The summed E-state index contributed by atoms with van der Waals surface area (Å²) in [6, 6.07) is 22.6. The molecule has 1 N–H and O–H groups in total. The van der Waals surface area contributed by atoms with Crippen LogP contribution in [0.2, 0.25) is 0 Å². The average Bonchev–Trinajstić information content (AvgIpc) is 1.35. The molecule has 8 rings (SSSR count). The lowest BCUT2D eigenvalue weighted by Crippen LogP contribution is -2.41. The Morgan fingerprint density at radius 1 is 0.505 bits per heavy atom. The molecule has 3 saturated heterocycles. The quantitative estimate of drug-likeness (QED) is 0.0810. The van der Waals surface area contributed by atoms with Gasteiger partial charge in [-0.1, -0.05) is 137 Å². The van der Waals surface area contributed by atoms with E-state index < -0.39 is 98.9 Å². The summed E-state index contributed by atoms with van der Waals surface area (Å²) in [5, 5.41) is 2.75. The van der Waals surface area contributed by atoms with Crippen LogP contribution < -0.4 is 4.72 Å². The summed E-state index contributed by atoms with van der Waals surface area (Å²) in [4.78, 5) is 4.53. The van der Waals surface area contributed by atoms with E-state index in [0.29, 0.717) is 52.6 Å². The van der Waals surface area contributed by atoms with E-state index in [4.69, 9.17) is 4.74 Å². The van der Waals surface area contributed by atoms with Crippen LogP contribution in [0.3, 0.4) is 0 Å². The van der Waals surface area contributed by atoms with E-state index in [2.05, 4.69) is 9.71 Å². The van der Waals surface area contributed by atoms with Crippen LogP contribution in [0.25, 0.3) is 10.9 Å². The van der Waals surface area contributed by atoms with Crippen molar-refractivity contribution in [1.29, 1.82) is 0 Å². The Labute approximate surface area is 634 Å². The second-order valence-electron chi connectivity index (χ2n) is 23.4. The molecule has 103 heavy (non-hydrogen) atoms. The number of piperidine rings is 1. The molecule has 0 amide bonds. The van der Waals surface area contributed by atoms with Crippen LogP contribution in [0.1, 0.15) is 141 Å². The van der Waals surface area contributed by atoms with Crippen LogP contribution in [0, 0.1) is 5.92 Å². The first-order valence-corrected chi connectivity index (χ1v) is 54.6. The Kier molecular flexibility index (Phi) is 51.7. The molecule has 4 fully saturated rings. The van der Waals surface area contributed by atoms with Gasteiger partial charge in [0.1, 0.15) is 38.3 Å². The highest BCUT2D eigenvalue weighted by Gasteiger charge is 2.28. The number of fused-ring (bicyclic) bond motifs is 1. The van der Waals surface area contributed by atoms with Crippen molar-refractivity contribution in [1.82, 2.24) is 18.3 Å². The molecule has 25 nitrogen and oxygen atoms in total. The molecule has 4 aliphatic rings. The molecule has 0 spiro atoms. The molecule has 3 aliphatic heterocycles. The maximum Gasteiger partial charge on any atom is 0.214 e. The highest BCUT2D eigenvalue weighted by molar-refractivity contribution is 8.16. The van der Waals surface area contributed by atoms with E-state index in [0.717, 1.165) is 80.7 Å². The van der Waals surface area contributed by atoms with Gasteiger partial charge >= 0.3 is 0 Å². The van der Waals surface area contributed by atoms with Crippen LogP contribution in [0.5, 0.6) is 0 Å². The van der Waals surface area contributed by atoms with Crippen molar-refractivity contribution >= 4 is 145 Å². The lowest BCUT2D eigenvalue weighted by atomic mass is 10.0. The number of para-hydroxylation sites is 1. The first-order valence-electron chi connectivity index (χ1n) is 34.4.